The third-order valence-corrected chi connectivity index (χ3v) is 6.97. The number of fused-ring (bicyclic) bond motifs is 1. The number of carbonyl (C=O) groups excluding carboxylic acids is 1. The standard InChI is InChI=1S/C26H35N5O4/c1-17-22(18(2)29-16-28-17)26(11-12-26)25(34)31-21(24(32)33)10-15-35-14-4-3-7-20-9-8-19-6-5-13-27-23(19)30-20/h8-9,16,21H,3-7,10-15H2,1-2H3,(H,27,30)(H,31,34)(H,32,33). The van der Waals surface area contributed by atoms with Gasteiger partial charge >= 0.3 is 5.97 Å². The van der Waals surface area contributed by atoms with Gasteiger partial charge in [0.2, 0.25) is 5.91 Å². The van der Waals surface area contributed by atoms with Crippen LogP contribution in [0, 0.1) is 13.8 Å². The minimum Gasteiger partial charge on any atom is -0.480 e. The molecule has 1 saturated carbocycles. The highest BCUT2D eigenvalue weighted by Crippen LogP contribution is 2.50. The second-order valence-corrected chi connectivity index (χ2v) is 9.56. The number of pyridine rings is 1. The largest absolute Gasteiger partial charge is 0.480 e. The maximum absolute atomic E-state index is 13.1. The molecule has 2 aromatic rings. The van der Waals surface area contributed by atoms with Gasteiger partial charge < -0.3 is 20.5 Å². The van der Waals surface area contributed by atoms with Gasteiger partial charge in [0.1, 0.15) is 18.2 Å². The number of carboxylic acids is 1. The number of rotatable bonds is 12. The van der Waals surface area contributed by atoms with Crippen molar-refractivity contribution in [3.63, 3.8) is 0 Å². The van der Waals surface area contributed by atoms with E-state index in [1.54, 1.807) is 0 Å². The molecule has 3 N–H and O–H groups in total. The molecule has 1 unspecified atom stereocenters. The summed E-state index contributed by atoms with van der Waals surface area (Å²) in [6, 6.07) is 3.28. The summed E-state index contributed by atoms with van der Waals surface area (Å²) in [5.74, 6) is -0.301. The van der Waals surface area contributed by atoms with Crippen LogP contribution >= 0.6 is 0 Å². The average Bonchev–Trinajstić information content (AvgIpc) is 3.64. The first kappa shape index (κ1) is 25.0. The molecule has 0 bridgehead atoms. The van der Waals surface area contributed by atoms with Crippen molar-refractivity contribution in [1.82, 2.24) is 20.3 Å². The Labute approximate surface area is 206 Å². The molecule has 188 valence electrons. The molecule has 35 heavy (non-hydrogen) atoms. The van der Waals surface area contributed by atoms with Gasteiger partial charge in [-0.1, -0.05) is 6.07 Å². The number of hydrogen-bond donors (Lipinski definition) is 3. The first-order valence-corrected chi connectivity index (χ1v) is 12.5. The number of nitrogens with one attached hydrogen (secondary N) is 2. The molecule has 1 fully saturated rings. The van der Waals surface area contributed by atoms with E-state index in [1.807, 2.05) is 13.8 Å². The number of carbonyl (C=O) groups is 2. The Morgan fingerprint density at radius 1 is 1.17 bits per heavy atom. The predicted molar refractivity (Wildman–Crippen MR) is 131 cm³/mol. The number of hydrogen-bond acceptors (Lipinski definition) is 7. The zero-order valence-electron chi connectivity index (χ0n) is 20.6. The number of nitrogens with zero attached hydrogens (tertiary/aromatic N) is 3. The Kier molecular flexibility index (Phi) is 7.95. The van der Waals surface area contributed by atoms with Crippen LogP contribution in [0.3, 0.4) is 0 Å². The number of anilines is 1. The Balaban J connectivity index is 1.19. The summed E-state index contributed by atoms with van der Waals surface area (Å²) in [6.07, 6.45) is 7.99. The van der Waals surface area contributed by atoms with E-state index in [0.717, 1.165) is 67.1 Å². The monoisotopic (exact) mass is 481 g/mol. The third-order valence-electron chi connectivity index (χ3n) is 6.97. The Morgan fingerprint density at radius 3 is 2.66 bits per heavy atom. The van der Waals surface area contributed by atoms with Crippen LogP contribution in [0.15, 0.2) is 18.5 Å². The van der Waals surface area contributed by atoms with E-state index < -0.39 is 17.4 Å². The highest BCUT2D eigenvalue weighted by Gasteiger charge is 2.54. The van der Waals surface area contributed by atoms with Crippen molar-refractivity contribution in [1.29, 1.82) is 0 Å². The summed E-state index contributed by atoms with van der Waals surface area (Å²) in [5.41, 5.74) is 4.00. The van der Waals surface area contributed by atoms with Gasteiger partial charge in [-0.25, -0.2) is 19.7 Å². The number of amides is 1. The fourth-order valence-electron chi connectivity index (χ4n) is 4.88. The Bertz CT molecular complexity index is 1050. The van der Waals surface area contributed by atoms with E-state index in [-0.39, 0.29) is 18.9 Å². The van der Waals surface area contributed by atoms with Crippen LogP contribution in [0.25, 0.3) is 0 Å². The highest BCUT2D eigenvalue weighted by atomic mass is 16.5. The van der Waals surface area contributed by atoms with Gasteiger partial charge in [-0.05, 0) is 70.4 Å². The summed E-state index contributed by atoms with van der Waals surface area (Å²) in [7, 11) is 0. The minimum absolute atomic E-state index is 0.221. The zero-order chi connectivity index (χ0) is 24.8. The van der Waals surface area contributed by atoms with E-state index in [0.29, 0.717) is 19.4 Å². The average molecular weight is 482 g/mol. The van der Waals surface area contributed by atoms with Crippen LogP contribution in [-0.4, -0.2) is 57.7 Å². The van der Waals surface area contributed by atoms with Gasteiger partial charge in [-0.3, -0.25) is 4.79 Å². The molecule has 1 aliphatic heterocycles. The molecule has 0 spiro atoms. The van der Waals surface area contributed by atoms with Gasteiger partial charge in [-0.2, -0.15) is 0 Å². The molecule has 9 nitrogen and oxygen atoms in total. The summed E-state index contributed by atoms with van der Waals surface area (Å²) in [6.45, 7) is 5.53. The molecule has 0 radical (unpaired) electrons. The van der Waals surface area contributed by atoms with Crippen LogP contribution in [0.4, 0.5) is 5.82 Å². The van der Waals surface area contributed by atoms with E-state index in [9.17, 15) is 14.7 Å². The van der Waals surface area contributed by atoms with E-state index >= 15 is 0 Å². The number of aliphatic carboxylic acids is 1. The molecule has 2 aliphatic rings. The van der Waals surface area contributed by atoms with Crippen LogP contribution in [0.1, 0.15) is 66.7 Å². The molecule has 3 heterocycles. The van der Waals surface area contributed by atoms with Gasteiger partial charge in [0.05, 0.1) is 5.41 Å². The van der Waals surface area contributed by atoms with Crippen molar-refractivity contribution in [3.05, 3.63) is 46.7 Å². The number of ether oxygens (including phenoxy) is 1. The smallest absolute Gasteiger partial charge is 0.326 e. The number of aryl methyl sites for hydroxylation is 4. The Morgan fingerprint density at radius 2 is 1.94 bits per heavy atom. The second kappa shape index (κ2) is 11.1. The Hall–Kier alpha value is -3.07. The van der Waals surface area contributed by atoms with Crippen LogP contribution < -0.4 is 10.6 Å². The van der Waals surface area contributed by atoms with Crippen LogP contribution in [0.5, 0.6) is 0 Å². The SMILES string of the molecule is Cc1ncnc(C)c1C1(C(=O)NC(CCOCCCCc2ccc3c(n2)NCCC3)C(=O)O)CC1. The maximum atomic E-state index is 13.1. The first-order valence-electron chi connectivity index (χ1n) is 12.5. The highest BCUT2D eigenvalue weighted by molar-refractivity contribution is 5.94. The van der Waals surface area contributed by atoms with Gasteiger partial charge in [0, 0.05) is 48.8 Å². The van der Waals surface area contributed by atoms with Crippen molar-refractivity contribution < 1.29 is 19.4 Å². The summed E-state index contributed by atoms with van der Waals surface area (Å²) in [4.78, 5) is 38.0. The van der Waals surface area contributed by atoms with E-state index in [4.69, 9.17) is 9.72 Å². The molecule has 4 rings (SSSR count). The van der Waals surface area contributed by atoms with Crippen LogP contribution in [0.2, 0.25) is 0 Å². The molecular formula is C26H35N5O4. The minimum atomic E-state index is -1.05. The van der Waals surface area contributed by atoms with Crippen molar-refractivity contribution >= 4 is 17.7 Å². The van der Waals surface area contributed by atoms with Crippen molar-refractivity contribution in [2.24, 2.45) is 0 Å². The molecule has 2 aromatic heterocycles. The molecule has 9 heteroatoms. The van der Waals surface area contributed by atoms with Gasteiger partial charge in [0.25, 0.3) is 0 Å². The molecular weight excluding hydrogens is 446 g/mol. The lowest BCUT2D eigenvalue weighted by molar-refractivity contribution is -0.142. The van der Waals surface area contributed by atoms with Crippen molar-refractivity contribution in [2.45, 2.75) is 76.7 Å². The van der Waals surface area contributed by atoms with Crippen molar-refractivity contribution in [2.75, 3.05) is 25.1 Å². The van der Waals surface area contributed by atoms with E-state index in [2.05, 4.69) is 32.7 Å². The van der Waals surface area contributed by atoms with Gasteiger partial charge in [0.15, 0.2) is 0 Å². The van der Waals surface area contributed by atoms with Crippen LogP contribution in [-0.2, 0) is 32.6 Å². The quantitative estimate of drug-likeness (QED) is 0.395. The lowest BCUT2D eigenvalue weighted by Crippen LogP contribution is -2.46. The first-order chi connectivity index (χ1) is 16.9. The lowest BCUT2D eigenvalue weighted by Gasteiger charge is -2.22. The molecule has 0 aromatic carbocycles. The second-order valence-electron chi connectivity index (χ2n) is 9.56. The fraction of sp³-hybridized carbons (Fsp3) is 0.577. The fourth-order valence-corrected chi connectivity index (χ4v) is 4.88. The number of aromatic nitrogens is 3. The summed E-state index contributed by atoms with van der Waals surface area (Å²) >= 11 is 0. The zero-order valence-corrected chi connectivity index (χ0v) is 20.6. The third kappa shape index (κ3) is 5.96. The van der Waals surface area contributed by atoms with E-state index in [1.165, 1.54) is 11.9 Å². The predicted octanol–water partition coefficient (Wildman–Crippen LogP) is 2.88. The van der Waals surface area contributed by atoms with Crippen molar-refractivity contribution in [3.8, 4) is 0 Å². The lowest BCUT2D eigenvalue weighted by atomic mass is 9.91. The summed E-state index contributed by atoms with van der Waals surface area (Å²) in [5, 5.41) is 15.7. The molecule has 0 saturated heterocycles. The normalized spacial score (nSPS) is 16.6. The molecule has 1 amide bonds. The number of unbranched alkanes of at least 4 members (excludes halogenated alkanes) is 1. The summed E-state index contributed by atoms with van der Waals surface area (Å²) < 4.78 is 5.68. The molecule has 1 atom stereocenters. The maximum Gasteiger partial charge on any atom is 0.326 e. The molecule has 1 aliphatic carbocycles. The number of carboxylic acid groups (broad SMARTS) is 1. The topological polar surface area (TPSA) is 126 Å². The van der Waals surface area contributed by atoms with Gasteiger partial charge in [-0.15, -0.1) is 0 Å².